The summed E-state index contributed by atoms with van der Waals surface area (Å²) >= 11 is 10.5. The van der Waals surface area contributed by atoms with Gasteiger partial charge >= 0.3 is 0 Å². The van der Waals surface area contributed by atoms with E-state index in [0.29, 0.717) is 12.8 Å². The molecular weight excluding hydrogens is 840 g/mol. The molecule has 10 heteroatoms. The number of hydrogen-bond donors (Lipinski definition) is 4. The zero-order valence-electron chi connectivity index (χ0n) is 29.7. The maximum absolute atomic E-state index is 13.4. The predicted octanol–water partition coefficient (Wildman–Crippen LogP) is 12.1. The number of thioether (sulfide) groups is 2. The van der Waals surface area contributed by atoms with Gasteiger partial charge in [0.1, 0.15) is 34.6 Å². The van der Waals surface area contributed by atoms with Crippen LogP contribution in [0.25, 0.3) is 0 Å². The van der Waals surface area contributed by atoms with E-state index < -0.39 is 0 Å². The maximum atomic E-state index is 13.4. The van der Waals surface area contributed by atoms with Crippen molar-refractivity contribution in [3.05, 3.63) is 175 Å². The number of halogens is 2. The van der Waals surface area contributed by atoms with Crippen molar-refractivity contribution in [3.63, 3.8) is 0 Å². The maximum Gasteiger partial charge on any atom is 0.201 e. The van der Waals surface area contributed by atoms with Gasteiger partial charge in [-0.3, -0.25) is 9.59 Å². The Morgan fingerprint density at radius 1 is 0.407 bits per heavy atom. The van der Waals surface area contributed by atoms with Gasteiger partial charge in [0.25, 0.3) is 0 Å². The number of aromatic nitrogens is 4. The highest BCUT2D eigenvalue weighted by atomic mass is 79.9. The number of benzene rings is 2. The lowest BCUT2D eigenvalue weighted by Gasteiger charge is -2.13. The summed E-state index contributed by atoms with van der Waals surface area (Å²) in [4.78, 5) is 45.3. The second kappa shape index (κ2) is 16.8. The molecule has 0 saturated heterocycles. The van der Waals surface area contributed by atoms with Gasteiger partial charge in [0.15, 0.2) is 32.4 Å². The van der Waals surface area contributed by atoms with Crippen LogP contribution in [0.4, 0.5) is 0 Å². The van der Waals surface area contributed by atoms with Crippen LogP contribution in [0.1, 0.15) is 121 Å². The summed E-state index contributed by atoms with van der Waals surface area (Å²) in [6.45, 7) is 0. The number of nitrogens with one attached hydrogen (secondary N) is 4. The summed E-state index contributed by atoms with van der Waals surface area (Å²) < 4.78 is 0. The minimum Gasteiger partial charge on any atom is -0.317 e. The third-order valence-electron chi connectivity index (χ3n) is 10.0. The van der Waals surface area contributed by atoms with Crippen molar-refractivity contribution in [3.8, 4) is 0 Å². The summed E-state index contributed by atoms with van der Waals surface area (Å²) in [6, 6.07) is 33.1. The molecule has 270 valence electrons. The SMILES string of the molecule is O=C1CCCCCCCCCCC(=O)Sc2ccccc2[C+]2c3ccc([nH]3)[C+](Br)c3ccc([nH]3)[C+](c3ccc([nH]3)[C+](Br)c3ccc2[nH]3)c2ccccc2S1. The highest BCUT2D eigenvalue weighted by molar-refractivity contribution is 9.11. The van der Waals surface area contributed by atoms with Gasteiger partial charge in [-0.15, -0.1) is 0 Å². The van der Waals surface area contributed by atoms with E-state index in [2.05, 4.69) is 125 Å². The molecule has 2 aromatic carbocycles. The number of rotatable bonds is 0. The number of fused-ring (bicyclic) bond motifs is 13. The largest absolute Gasteiger partial charge is 0.317 e. The van der Waals surface area contributed by atoms with E-state index in [1.807, 2.05) is 24.3 Å². The molecule has 6 aromatic rings. The Bertz CT molecular complexity index is 1990. The molecule has 0 aliphatic carbocycles. The Labute approximate surface area is 342 Å². The first-order valence-corrected chi connectivity index (χ1v) is 21.8. The van der Waals surface area contributed by atoms with Crippen molar-refractivity contribution >= 4 is 65.6 Å². The summed E-state index contributed by atoms with van der Waals surface area (Å²) in [7, 11) is 0. The quantitative estimate of drug-likeness (QED) is 0.114. The third-order valence-corrected chi connectivity index (χ3v) is 13.8. The van der Waals surface area contributed by atoms with Crippen LogP contribution in [0, 0.1) is 21.5 Å². The first-order valence-electron chi connectivity index (χ1n) is 18.6. The van der Waals surface area contributed by atoms with Crippen molar-refractivity contribution in [2.24, 2.45) is 0 Å². The number of aromatic amines is 4. The lowest BCUT2D eigenvalue weighted by molar-refractivity contribution is -0.111. The third kappa shape index (κ3) is 8.03. The highest BCUT2D eigenvalue weighted by Crippen LogP contribution is 2.43. The van der Waals surface area contributed by atoms with Crippen molar-refractivity contribution in [1.82, 2.24) is 19.9 Å². The Hall–Kier alpha value is -3.96. The second-order valence-corrected chi connectivity index (χ2v) is 17.6. The summed E-state index contributed by atoms with van der Waals surface area (Å²) in [6.07, 6.45) is 9.58. The lowest BCUT2D eigenvalue weighted by atomic mass is 9.92. The Morgan fingerprint density at radius 2 is 0.704 bits per heavy atom. The average Bonchev–Trinajstić information content (AvgIpc) is 4.02. The molecule has 0 amide bonds. The van der Waals surface area contributed by atoms with Gasteiger partial charge in [-0.05, 0) is 72.8 Å². The van der Waals surface area contributed by atoms with E-state index in [-0.39, 0.29) is 10.2 Å². The van der Waals surface area contributed by atoms with Crippen molar-refractivity contribution in [2.75, 3.05) is 0 Å². The molecule has 6 nitrogen and oxygen atoms in total. The Kier molecular flexibility index (Phi) is 11.5. The summed E-state index contributed by atoms with van der Waals surface area (Å²) in [5.41, 5.74) is 9.31. The molecular formula is C44H40Br2N4O2S2+4. The minimum absolute atomic E-state index is 0.186. The molecule has 0 spiro atoms. The molecule has 0 atom stereocenters. The van der Waals surface area contributed by atoms with Crippen LogP contribution in [0.5, 0.6) is 0 Å². The predicted molar refractivity (Wildman–Crippen MR) is 226 cm³/mol. The zero-order valence-corrected chi connectivity index (χ0v) is 34.5. The van der Waals surface area contributed by atoms with Gasteiger partial charge in [-0.25, -0.2) is 0 Å². The molecule has 3 aliphatic rings. The van der Waals surface area contributed by atoms with Crippen LogP contribution in [0.15, 0.2) is 107 Å². The van der Waals surface area contributed by atoms with E-state index in [4.69, 9.17) is 0 Å². The van der Waals surface area contributed by atoms with Gasteiger partial charge in [-0.1, -0.05) is 38.5 Å². The summed E-state index contributed by atoms with van der Waals surface area (Å²) in [5.74, 6) is 1.96. The summed E-state index contributed by atoms with van der Waals surface area (Å²) in [5, 5.41) is 0.372. The number of H-pyrrole nitrogens is 4. The van der Waals surface area contributed by atoms with Gasteiger partial charge in [0, 0.05) is 56.8 Å². The van der Waals surface area contributed by atoms with Gasteiger partial charge < -0.3 is 19.9 Å². The fraction of sp³-hybridized carbons (Fsp3) is 0.227. The standard InChI is InChI=1S/C44H40Br2N4O2S2/c45-43-33-23-19-29(47-33)41-27-13-9-11-15-37(27)53-39(51)17-7-5-3-1-2-4-6-8-18-40(52)54-38-16-12-10-14-28(38)42(31-21-25-35(43)49-31)32-22-26-36(50-32)44(46)34-24-20-30(41)48-34/h9-16,19-26,47-50H,1-8,17-18H2/q+4. The molecule has 54 heavy (non-hydrogen) atoms. The minimum atomic E-state index is 0.186. The van der Waals surface area contributed by atoms with Gasteiger partial charge in [-0.2, -0.15) is 0 Å². The van der Waals surface area contributed by atoms with E-state index in [0.717, 1.165) is 139 Å². The van der Waals surface area contributed by atoms with Crippen LogP contribution in [0.2, 0.25) is 0 Å². The van der Waals surface area contributed by atoms with Crippen molar-refractivity contribution in [2.45, 2.75) is 74.0 Å². The first-order chi connectivity index (χ1) is 26.4. The van der Waals surface area contributed by atoms with Crippen molar-refractivity contribution < 1.29 is 9.59 Å². The molecule has 0 fully saturated rings. The van der Waals surface area contributed by atoms with E-state index >= 15 is 0 Å². The molecule has 3 aliphatic heterocycles. The van der Waals surface area contributed by atoms with Crippen LogP contribution < -0.4 is 0 Å². The monoisotopic (exact) mass is 878 g/mol. The van der Waals surface area contributed by atoms with Gasteiger partial charge in [0.05, 0.1) is 69.4 Å². The zero-order chi connectivity index (χ0) is 37.0. The average molecular weight is 881 g/mol. The molecule has 9 rings (SSSR count). The number of hydrogen-bond acceptors (Lipinski definition) is 4. The van der Waals surface area contributed by atoms with Crippen LogP contribution in [0.3, 0.4) is 0 Å². The second-order valence-electron chi connectivity index (χ2n) is 13.8. The number of carbonyl (C=O) groups excluding carboxylic acids is 2. The van der Waals surface area contributed by atoms with E-state index in [1.54, 1.807) is 0 Å². The molecule has 0 saturated carbocycles. The van der Waals surface area contributed by atoms with Crippen LogP contribution in [-0.4, -0.2) is 30.2 Å². The molecule has 0 radical (unpaired) electrons. The molecule has 7 heterocycles. The number of carbonyl (C=O) groups is 2. The molecule has 0 unspecified atom stereocenters. The smallest absolute Gasteiger partial charge is 0.201 e. The topological polar surface area (TPSA) is 97.3 Å². The highest BCUT2D eigenvalue weighted by Gasteiger charge is 2.38. The van der Waals surface area contributed by atoms with Crippen molar-refractivity contribution in [1.29, 1.82) is 0 Å². The van der Waals surface area contributed by atoms with Gasteiger partial charge in [0.2, 0.25) is 10.2 Å². The lowest BCUT2D eigenvalue weighted by Crippen LogP contribution is -2.10. The Morgan fingerprint density at radius 3 is 1.06 bits per heavy atom. The molecule has 4 N–H and O–H groups in total. The first kappa shape index (κ1) is 37.0. The normalized spacial score (nSPS) is 16.5. The van der Waals surface area contributed by atoms with Crippen LogP contribution in [-0.2, 0) is 9.59 Å². The van der Waals surface area contributed by atoms with E-state index in [1.165, 1.54) is 23.5 Å². The molecule has 10 bridgehead atoms. The van der Waals surface area contributed by atoms with E-state index in [9.17, 15) is 9.59 Å². The fourth-order valence-electron chi connectivity index (χ4n) is 7.31. The Balaban J connectivity index is 1.26. The fourth-order valence-corrected chi connectivity index (χ4v) is 10.1. The molecule has 4 aromatic heterocycles. The van der Waals surface area contributed by atoms with Crippen LogP contribution >= 0.6 is 55.4 Å².